The van der Waals surface area contributed by atoms with E-state index in [1.165, 1.54) is 16.7 Å². The monoisotopic (exact) mass is 604 g/mol. The molecule has 1 aliphatic rings. The predicted octanol–water partition coefficient (Wildman–Crippen LogP) is 8.84. The Bertz CT molecular complexity index is 1590. The Morgan fingerprint density at radius 1 is 0.756 bits per heavy atom. The van der Waals surface area contributed by atoms with Gasteiger partial charge in [-0.25, -0.2) is 4.79 Å². The number of hydrogen-bond donors (Lipinski definition) is 1. The highest BCUT2D eigenvalue weighted by Crippen LogP contribution is 2.48. The molecule has 0 saturated carbocycles. The molecule has 2 atom stereocenters. The Balaban J connectivity index is 1.76. The minimum atomic E-state index is -0.430. The first kappa shape index (κ1) is 31.7. The van der Waals surface area contributed by atoms with E-state index in [1.807, 2.05) is 50.2 Å². The Kier molecular flexibility index (Phi) is 10.1. The number of esters is 1. The van der Waals surface area contributed by atoms with Gasteiger partial charge in [0.05, 0.1) is 38.0 Å². The van der Waals surface area contributed by atoms with Gasteiger partial charge in [0.15, 0.2) is 0 Å². The molecule has 1 aliphatic heterocycles. The fourth-order valence-corrected chi connectivity index (χ4v) is 5.97. The van der Waals surface area contributed by atoms with Gasteiger partial charge in [0.25, 0.3) is 0 Å². The smallest absolute Gasteiger partial charge is 0.338 e. The summed E-state index contributed by atoms with van der Waals surface area (Å²) >= 11 is 0. The molecule has 0 aliphatic carbocycles. The summed E-state index contributed by atoms with van der Waals surface area (Å²) in [6.07, 6.45) is 2.19. The van der Waals surface area contributed by atoms with Crippen LogP contribution < -0.4 is 19.7 Å². The van der Waals surface area contributed by atoms with Gasteiger partial charge in [0.2, 0.25) is 0 Å². The zero-order valence-electron chi connectivity index (χ0n) is 27.2. The van der Waals surface area contributed by atoms with Crippen LogP contribution in [0, 0.1) is 0 Å². The molecule has 0 bridgehead atoms. The standard InChI is InChI=1S/C39H44N2O4/c1-7-27-9-13-29(14-10-27)36-25-35(40-31-17-21-33(43-5)22-18-31)37(39(42)45-26(3)4)38(30-15-11-28(8-2)12-16-30)41(36)32-19-23-34(44-6)24-20-32/h9-24,26,36,38,40H,7-8,25H2,1-6H3. The van der Waals surface area contributed by atoms with Crippen molar-refractivity contribution in [1.82, 2.24) is 0 Å². The van der Waals surface area contributed by atoms with E-state index in [2.05, 4.69) is 84.7 Å². The van der Waals surface area contributed by atoms with Gasteiger partial charge in [0, 0.05) is 23.5 Å². The normalized spacial score (nSPS) is 16.5. The largest absolute Gasteiger partial charge is 0.497 e. The Hall–Kier alpha value is -4.71. The average Bonchev–Trinajstić information content (AvgIpc) is 3.08. The number of hydrogen-bond acceptors (Lipinski definition) is 6. The lowest BCUT2D eigenvalue weighted by Gasteiger charge is -2.46. The van der Waals surface area contributed by atoms with Crippen molar-refractivity contribution in [3.05, 3.63) is 131 Å². The van der Waals surface area contributed by atoms with Crippen molar-refractivity contribution in [3.63, 3.8) is 0 Å². The van der Waals surface area contributed by atoms with E-state index in [1.54, 1.807) is 14.2 Å². The molecule has 2 unspecified atom stereocenters. The van der Waals surface area contributed by atoms with E-state index in [4.69, 9.17) is 14.2 Å². The van der Waals surface area contributed by atoms with Crippen LogP contribution in [-0.2, 0) is 22.4 Å². The van der Waals surface area contributed by atoms with E-state index in [0.29, 0.717) is 12.0 Å². The lowest BCUT2D eigenvalue weighted by atomic mass is 9.83. The summed E-state index contributed by atoms with van der Waals surface area (Å²) in [5.74, 6) is 1.22. The van der Waals surface area contributed by atoms with Gasteiger partial charge in [-0.1, -0.05) is 62.4 Å². The SMILES string of the molecule is CCc1ccc(C2CC(Nc3ccc(OC)cc3)=C(C(=O)OC(C)C)C(c3ccc(CC)cc3)N2c2ccc(OC)cc2)cc1. The number of carbonyl (C=O) groups is 1. The van der Waals surface area contributed by atoms with Crippen molar-refractivity contribution < 1.29 is 19.0 Å². The molecule has 1 heterocycles. The molecule has 0 spiro atoms. The van der Waals surface area contributed by atoms with Crippen molar-refractivity contribution in [2.75, 3.05) is 24.4 Å². The molecule has 234 valence electrons. The topological polar surface area (TPSA) is 60.0 Å². The third-order valence-electron chi connectivity index (χ3n) is 8.40. The lowest BCUT2D eigenvalue weighted by molar-refractivity contribution is -0.143. The highest BCUT2D eigenvalue weighted by molar-refractivity contribution is 5.93. The second kappa shape index (κ2) is 14.4. The fourth-order valence-electron chi connectivity index (χ4n) is 5.97. The fraction of sp³-hybridized carbons (Fsp3) is 0.308. The number of ether oxygens (including phenoxy) is 3. The number of nitrogens with one attached hydrogen (secondary N) is 1. The van der Waals surface area contributed by atoms with E-state index in [9.17, 15) is 4.79 Å². The zero-order chi connectivity index (χ0) is 31.9. The van der Waals surface area contributed by atoms with E-state index < -0.39 is 6.04 Å². The van der Waals surface area contributed by atoms with Gasteiger partial charge < -0.3 is 24.4 Å². The molecule has 0 amide bonds. The Labute approximate surface area is 267 Å². The van der Waals surface area contributed by atoms with Crippen molar-refractivity contribution in [3.8, 4) is 11.5 Å². The molecule has 6 heteroatoms. The number of rotatable bonds is 11. The summed E-state index contributed by atoms with van der Waals surface area (Å²) in [5, 5.41) is 3.65. The molecule has 45 heavy (non-hydrogen) atoms. The van der Waals surface area contributed by atoms with Gasteiger partial charge in [-0.2, -0.15) is 0 Å². The lowest BCUT2D eigenvalue weighted by Crippen LogP contribution is -2.42. The van der Waals surface area contributed by atoms with Crippen LogP contribution in [0.1, 0.15) is 68.5 Å². The van der Waals surface area contributed by atoms with Crippen LogP contribution in [0.5, 0.6) is 11.5 Å². The minimum Gasteiger partial charge on any atom is -0.497 e. The maximum atomic E-state index is 14.2. The van der Waals surface area contributed by atoms with Crippen LogP contribution in [0.4, 0.5) is 11.4 Å². The maximum Gasteiger partial charge on any atom is 0.338 e. The van der Waals surface area contributed by atoms with E-state index >= 15 is 0 Å². The first-order valence-corrected chi connectivity index (χ1v) is 15.8. The van der Waals surface area contributed by atoms with Crippen molar-refractivity contribution >= 4 is 17.3 Å². The van der Waals surface area contributed by atoms with Gasteiger partial charge in [0.1, 0.15) is 11.5 Å². The quantitative estimate of drug-likeness (QED) is 0.173. The number of nitrogens with zero attached hydrogens (tertiary/aromatic N) is 1. The predicted molar refractivity (Wildman–Crippen MR) is 182 cm³/mol. The van der Waals surface area contributed by atoms with Gasteiger partial charge in [-0.3, -0.25) is 0 Å². The molecule has 0 radical (unpaired) electrons. The van der Waals surface area contributed by atoms with E-state index in [0.717, 1.165) is 47.0 Å². The molecule has 0 fully saturated rings. The zero-order valence-corrected chi connectivity index (χ0v) is 27.2. The number of benzene rings is 4. The summed E-state index contributed by atoms with van der Waals surface area (Å²) in [5.41, 5.74) is 8.01. The highest BCUT2D eigenvalue weighted by Gasteiger charge is 2.42. The first-order chi connectivity index (χ1) is 21.8. The number of aryl methyl sites for hydroxylation is 2. The molecule has 0 saturated heterocycles. The molecule has 1 N–H and O–H groups in total. The molecular weight excluding hydrogens is 560 g/mol. The van der Waals surface area contributed by atoms with Crippen molar-refractivity contribution in [1.29, 1.82) is 0 Å². The van der Waals surface area contributed by atoms with Gasteiger partial charge in [-0.15, -0.1) is 0 Å². The van der Waals surface area contributed by atoms with Crippen LogP contribution in [0.2, 0.25) is 0 Å². The van der Waals surface area contributed by atoms with Crippen LogP contribution >= 0.6 is 0 Å². The van der Waals surface area contributed by atoms with Crippen LogP contribution in [0.15, 0.2) is 108 Å². The molecule has 0 aromatic heterocycles. The summed E-state index contributed by atoms with van der Waals surface area (Å²) in [6.45, 7) is 8.10. The number of anilines is 2. The third kappa shape index (κ3) is 7.17. The highest BCUT2D eigenvalue weighted by atomic mass is 16.5. The summed E-state index contributed by atoms with van der Waals surface area (Å²) < 4.78 is 16.9. The van der Waals surface area contributed by atoms with Crippen LogP contribution in [-0.4, -0.2) is 26.3 Å². The van der Waals surface area contributed by atoms with Crippen LogP contribution in [0.25, 0.3) is 0 Å². The maximum absolute atomic E-state index is 14.2. The summed E-state index contributed by atoms with van der Waals surface area (Å²) in [4.78, 5) is 16.6. The summed E-state index contributed by atoms with van der Waals surface area (Å²) in [6, 6.07) is 32.8. The minimum absolute atomic E-state index is 0.0866. The molecule has 6 nitrogen and oxygen atoms in total. The second-order valence-electron chi connectivity index (χ2n) is 11.6. The van der Waals surface area contributed by atoms with E-state index in [-0.39, 0.29) is 18.1 Å². The number of methoxy groups -OCH3 is 2. The molecule has 4 aromatic rings. The second-order valence-corrected chi connectivity index (χ2v) is 11.6. The average molecular weight is 605 g/mol. The first-order valence-electron chi connectivity index (χ1n) is 15.8. The van der Waals surface area contributed by atoms with Crippen molar-refractivity contribution in [2.24, 2.45) is 0 Å². The molecular formula is C39H44N2O4. The molecule has 5 rings (SSSR count). The number of carbonyl (C=O) groups excluding carboxylic acids is 1. The molecule has 4 aromatic carbocycles. The third-order valence-corrected chi connectivity index (χ3v) is 8.40. The van der Waals surface area contributed by atoms with Crippen LogP contribution in [0.3, 0.4) is 0 Å². The Morgan fingerprint density at radius 2 is 1.27 bits per heavy atom. The van der Waals surface area contributed by atoms with Gasteiger partial charge in [-0.05, 0) is 97.5 Å². The van der Waals surface area contributed by atoms with Gasteiger partial charge >= 0.3 is 5.97 Å². The summed E-state index contributed by atoms with van der Waals surface area (Å²) in [7, 11) is 3.33. The Morgan fingerprint density at radius 3 is 1.76 bits per heavy atom. The van der Waals surface area contributed by atoms with Crippen molar-refractivity contribution in [2.45, 2.75) is 65.1 Å².